The Bertz CT molecular complexity index is 861. The van der Waals surface area contributed by atoms with Crippen LogP contribution in [-0.2, 0) is 6.54 Å². The van der Waals surface area contributed by atoms with Crippen molar-refractivity contribution in [1.82, 2.24) is 10.3 Å². The van der Waals surface area contributed by atoms with Crippen molar-refractivity contribution in [3.63, 3.8) is 0 Å². The summed E-state index contributed by atoms with van der Waals surface area (Å²) < 4.78 is 11.4. The van der Waals surface area contributed by atoms with Crippen molar-refractivity contribution >= 4 is 10.9 Å². The van der Waals surface area contributed by atoms with Crippen molar-refractivity contribution in [2.24, 2.45) is 0 Å². The molecule has 23 heavy (non-hydrogen) atoms. The molecule has 1 aromatic heterocycles. The van der Waals surface area contributed by atoms with E-state index in [2.05, 4.69) is 28.5 Å². The number of fused-ring (bicyclic) bond motifs is 2. The van der Waals surface area contributed by atoms with Gasteiger partial charge in [-0.05, 0) is 29.8 Å². The lowest BCUT2D eigenvalue weighted by atomic mass is 10.0. The standard InChI is InChI=1S/C19H18N2O2/c1-22-18-10-14(9-16-11-20-6-7-23-19(16)18)15-8-13-4-2-3-5-17(13)21-12-15/h2-5,8-10,12,20H,6-7,11H2,1H3. The minimum absolute atomic E-state index is 0.653. The molecule has 116 valence electrons. The van der Waals surface area contributed by atoms with E-state index < -0.39 is 0 Å². The Hall–Kier alpha value is -2.59. The molecule has 2 heterocycles. The fraction of sp³-hybridized carbons (Fsp3) is 0.211. The van der Waals surface area contributed by atoms with Gasteiger partial charge in [0.2, 0.25) is 0 Å². The topological polar surface area (TPSA) is 43.4 Å². The molecular formula is C19H18N2O2. The summed E-state index contributed by atoms with van der Waals surface area (Å²) in [5.41, 5.74) is 4.29. The second-order valence-electron chi connectivity index (χ2n) is 5.61. The summed E-state index contributed by atoms with van der Waals surface area (Å²) in [6, 6.07) is 14.5. The minimum atomic E-state index is 0.653. The third-order valence-electron chi connectivity index (χ3n) is 4.12. The molecule has 3 aromatic rings. The van der Waals surface area contributed by atoms with Crippen molar-refractivity contribution in [3.05, 3.63) is 54.2 Å². The highest BCUT2D eigenvalue weighted by Gasteiger charge is 2.16. The van der Waals surface area contributed by atoms with E-state index in [0.29, 0.717) is 6.61 Å². The molecule has 0 spiro atoms. The van der Waals surface area contributed by atoms with E-state index in [1.165, 1.54) is 0 Å². The Morgan fingerprint density at radius 2 is 2.04 bits per heavy atom. The predicted octanol–water partition coefficient (Wildman–Crippen LogP) is 3.39. The zero-order chi connectivity index (χ0) is 15.6. The first-order chi connectivity index (χ1) is 11.3. The zero-order valence-corrected chi connectivity index (χ0v) is 13.0. The van der Waals surface area contributed by atoms with Gasteiger partial charge >= 0.3 is 0 Å². The van der Waals surface area contributed by atoms with Crippen molar-refractivity contribution in [2.45, 2.75) is 6.54 Å². The number of hydrogen-bond acceptors (Lipinski definition) is 4. The van der Waals surface area contributed by atoms with Gasteiger partial charge in [-0.1, -0.05) is 18.2 Å². The molecule has 0 fully saturated rings. The SMILES string of the molecule is COc1cc(-c2cnc3ccccc3c2)cc2c1OCCNC2. The molecule has 4 nitrogen and oxygen atoms in total. The first-order valence-corrected chi connectivity index (χ1v) is 7.75. The van der Waals surface area contributed by atoms with Gasteiger partial charge in [-0.3, -0.25) is 4.98 Å². The highest BCUT2D eigenvalue weighted by molar-refractivity contribution is 5.84. The Balaban J connectivity index is 1.85. The van der Waals surface area contributed by atoms with Gasteiger partial charge in [-0.2, -0.15) is 0 Å². The van der Waals surface area contributed by atoms with Crippen LogP contribution < -0.4 is 14.8 Å². The molecular weight excluding hydrogens is 288 g/mol. The fourth-order valence-electron chi connectivity index (χ4n) is 2.95. The first kappa shape index (κ1) is 14.0. The molecule has 4 rings (SSSR count). The van der Waals surface area contributed by atoms with E-state index in [1.54, 1.807) is 7.11 Å². The molecule has 2 aromatic carbocycles. The molecule has 0 amide bonds. The summed E-state index contributed by atoms with van der Waals surface area (Å²) in [6.07, 6.45) is 1.91. The number of nitrogens with zero attached hydrogens (tertiary/aromatic N) is 1. The number of para-hydroxylation sites is 1. The maximum absolute atomic E-state index is 5.83. The van der Waals surface area contributed by atoms with Crippen molar-refractivity contribution in [3.8, 4) is 22.6 Å². The van der Waals surface area contributed by atoms with Crippen LogP contribution in [0.4, 0.5) is 0 Å². The van der Waals surface area contributed by atoms with Gasteiger partial charge in [0.25, 0.3) is 0 Å². The van der Waals surface area contributed by atoms with Crippen LogP contribution >= 0.6 is 0 Å². The van der Waals surface area contributed by atoms with Gasteiger partial charge in [0.05, 0.1) is 12.6 Å². The Kier molecular flexibility index (Phi) is 3.60. The number of ether oxygens (including phenoxy) is 2. The third-order valence-corrected chi connectivity index (χ3v) is 4.12. The molecule has 1 aliphatic rings. The van der Waals surface area contributed by atoms with Crippen LogP contribution in [0.1, 0.15) is 5.56 Å². The lowest BCUT2D eigenvalue weighted by Crippen LogP contribution is -2.16. The van der Waals surface area contributed by atoms with Crippen LogP contribution in [0.15, 0.2) is 48.7 Å². The van der Waals surface area contributed by atoms with Gasteiger partial charge in [-0.15, -0.1) is 0 Å². The summed E-state index contributed by atoms with van der Waals surface area (Å²) in [5.74, 6) is 1.62. The molecule has 0 unspecified atom stereocenters. The summed E-state index contributed by atoms with van der Waals surface area (Å²) in [5, 5.41) is 4.50. The highest BCUT2D eigenvalue weighted by Crippen LogP contribution is 2.37. The molecule has 0 aliphatic carbocycles. The number of rotatable bonds is 2. The third kappa shape index (κ3) is 2.62. The summed E-state index contributed by atoms with van der Waals surface area (Å²) in [7, 11) is 1.68. The summed E-state index contributed by atoms with van der Waals surface area (Å²) in [6.45, 7) is 2.27. The molecule has 0 bridgehead atoms. The monoisotopic (exact) mass is 306 g/mol. The normalized spacial score (nSPS) is 14.0. The number of hydrogen-bond donors (Lipinski definition) is 1. The number of pyridine rings is 1. The maximum Gasteiger partial charge on any atom is 0.165 e. The fourth-order valence-corrected chi connectivity index (χ4v) is 2.95. The quantitative estimate of drug-likeness (QED) is 0.788. The van der Waals surface area contributed by atoms with Crippen LogP contribution in [0.25, 0.3) is 22.0 Å². The van der Waals surface area contributed by atoms with Crippen LogP contribution in [0.5, 0.6) is 11.5 Å². The maximum atomic E-state index is 5.83. The summed E-state index contributed by atoms with van der Waals surface area (Å²) >= 11 is 0. The number of nitrogens with one attached hydrogen (secondary N) is 1. The molecule has 4 heteroatoms. The molecule has 0 radical (unpaired) electrons. The first-order valence-electron chi connectivity index (χ1n) is 7.75. The highest BCUT2D eigenvalue weighted by atomic mass is 16.5. The number of aromatic nitrogens is 1. The van der Waals surface area contributed by atoms with Crippen molar-refractivity contribution in [1.29, 1.82) is 0 Å². The van der Waals surface area contributed by atoms with Gasteiger partial charge in [0.1, 0.15) is 6.61 Å². The van der Waals surface area contributed by atoms with E-state index in [4.69, 9.17) is 9.47 Å². The Morgan fingerprint density at radius 3 is 2.96 bits per heavy atom. The van der Waals surface area contributed by atoms with Gasteiger partial charge in [0.15, 0.2) is 11.5 Å². The van der Waals surface area contributed by atoms with E-state index >= 15 is 0 Å². The average molecular weight is 306 g/mol. The van der Waals surface area contributed by atoms with E-state index in [-0.39, 0.29) is 0 Å². The van der Waals surface area contributed by atoms with E-state index in [0.717, 1.165) is 52.2 Å². The molecule has 0 saturated carbocycles. The molecule has 0 atom stereocenters. The number of benzene rings is 2. The smallest absolute Gasteiger partial charge is 0.165 e. The second kappa shape index (κ2) is 5.89. The van der Waals surface area contributed by atoms with Crippen LogP contribution in [0.2, 0.25) is 0 Å². The Labute approximate surface area is 135 Å². The number of methoxy groups -OCH3 is 1. The van der Waals surface area contributed by atoms with Crippen LogP contribution in [-0.4, -0.2) is 25.2 Å². The lowest BCUT2D eigenvalue weighted by Gasteiger charge is -2.14. The van der Waals surface area contributed by atoms with Crippen LogP contribution in [0, 0.1) is 0 Å². The van der Waals surface area contributed by atoms with Crippen LogP contribution in [0.3, 0.4) is 0 Å². The van der Waals surface area contributed by atoms with Gasteiger partial charge in [0, 0.05) is 35.8 Å². The second-order valence-corrected chi connectivity index (χ2v) is 5.61. The molecule has 1 aliphatic heterocycles. The summed E-state index contributed by atoms with van der Waals surface area (Å²) in [4.78, 5) is 4.56. The lowest BCUT2D eigenvalue weighted by molar-refractivity contribution is 0.302. The van der Waals surface area contributed by atoms with Crippen molar-refractivity contribution in [2.75, 3.05) is 20.3 Å². The Morgan fingerprint density at radius 1 is 1.13 bits per heavy atom. The minimum Gasteiger partial charge on any atom is -0.493 e. The van der Waals surface area contributed by atoms with Gasteiger partial charge < -0.3 is 14.8 Å². The predicted molar refractivity (Wildman–Crippen MR) is 90.9 cm³/mol. The molecule has 0 saturated heterocycles. The van der Waals surface area contributed by atoms with E-state index in [1.807, 2.05) is 30.5 Å². The molecule has 1 N–H and O–H groups in total. The average Bonchev–Trinajstić information content (AvgIpc) is 2.86. The zero-order valence-electron chi connectivity index (χ0n) is 13.0. The van der Waals surface area contributed by atoms with E-state index in [9.17, 15) is 0 Å². The van der Waals surface area contributed by atoms with Crippen molar-refractivity contribution < 1.29 is 9.47 Å². The van der Waals surface area contributed by atoms with Gasteiger partial charge in [-0.25, -0.2) is 0 Å². The largest absolute Gasteiger partial charge is 0.493 e.